The van der Waals surface area contributed by atoms with E-state index in [2.05, 4.69) is 15.9 Å². The molecule has 0 unspecified atom stereocenters. The molecular weight excluding hydrogens is 278 g/mol. The van der Waals surface area contributed by atoms with Gasteiger partial charge in [0, 0.05) is 6.54 Å². The van der Waals surface area contributed by atoms with Gasteiger partial charge in [-0.15, -0.1) is 0 Å². The zero-order chi connectivity index (χ0) is 12.3. The van der Waals surface area contributed by atoms with Crippen molar-refractivity contribution in [3.63, 3.8) is 0 Å². The van der Waals surface area contributed by atoms with Gasteiger partial charge in [-0.3, -0.25) is 0 Å². The van der Waals surface area contributed by atoms with E-state index in [0.717, 1.165) is 27.1 Å². The fourth-order valence-corrected chi connectivity index (χ4v) is 1.98. The highest BCUT2D eigenvalue weighted by Gasteiger charge is 2.03. The minimum Gasteiger partial charge on any atom is -0.456 e. The summed E-state index contributed by atoms with van der Waals surface area (Å²) in [6.07, 6.45) is 0. The van der Waals surface area contributed by atoms with Crippen LogP contribution in [0.1, 0.15) is 11.1 Å². The first-order chi connectivity index (χ1) is 8.20. The van der Waals surface area contributed by atoms with Crippen molar-refractivity contribution >= 4 is 15.9 Å². The van der Waals surface area contributed by atoms with Crippen molar-refractivity contribution in [3.8, 4) is 11.5 Å². The molecule has 0 heterocycles. The molecule has 0 fully saturated rings. The highest BCUT2D eigenvalue weighted by molar-refractivity contribution is 9.10. The van der Waals surface area contributed by atoms with Crippen LogP contribution in [0.25, 0.3) is 0 Å². The second-order valence-electron chi connectivity index (χ2n) is 3.82. The van der Waals surface area contributed by atoms with Crippen LogP contribution in [0.4, 0.5) is 0 Å². The zero-order valence-electron chi connectivity index (χ0n) is 9.61. The van der Waals surface area contributed by atoms with Gasteiger partial charge in [0.05, 0.1) is 4.47 Å². The van der Waals surface area contributed by atoms with Gasteiger partial charge in [0.15, 0.2) is 0 Å². The zero-order valence-corrected chi connectivity index (χ0v) is 11.2. The molecule has 2 aromatic carbocycles. The summed E-state index contributed by atoms with van der Waals surface area (Å²) in [5.74, 6) is 1.64. The summed E-state index contributed by atoms with van der Waals surface area (Å²) in [5, 5.41) is 0. The smallest absolute Gasteiger partial charge is 0.141 e. The number of benzene rings is 2. The molecule has 0 radical (unpaired) electrons. The van der Waals surface area contributed by atoms with Gasteiger partial charge in [-0.1, -0.05) is 18.2 Å². The topological polar surface area (TPSA) is 35.2 Å². The number of ether oxygens (including phenoxy) is 1. The highest BCUT2D eigenvalue weighted by Crippen LogP contribution is 2.29. The Hall–Kier alpha value is -1.32. The molecule has 88 valence electrons. The second kappa shape index (κ2) is 5.34. The van der Waals surface area contributed by atoms with E-state index in [-0.39, 0.29) is 0 Å². The first-order valence-electron chi connectivity index (χ1n) is 5.42. The van der Waals surface area contributed by atoms with Gasteiger partial charge in [0.2, 0.25) is 0 Å². The predicted octanol–water partition coefficient (Wildman–Crippen LogP) is 4.01. The quantitative estimate of drug-likeness (QED) is 0.927. The molecule has 2 aromatic rings. The number of para-hydroxylation sites is 1. The number of aryl methyl sites for hydroxylation is 1. The summed E-state index contributed by atoms with van der Waals surface area (Å²) in [5.41, 5.74) is 7.92. The minimum absolute atomic E-state index is 0.557. The molecule has 0 aliphatic heterocycles. The molecule has 0 aliphatic carbocycles. The molecule has 3 heteroatoms. The van der Waals surface area contributed by atoms with Crippen LogP contribution in [-0.2, 0) is 6.54 Å². The minimum atomic E-state index is 0.557. The van der Waals surface area contributed by atoms with Crippen molar-refractivity contribution in [2.45, 2.75) is 13.5 Å². The predicted molar refractivity (Wildman–Crippen MR) is 73.3 cm³/mol. The van der Waals surface area contributed by atoms with E-state index in [1.54, 1.807) is 0 Å². The first-order valence-corrected chi connectivity index (χ1v) is 6.22. The molecule has 0 saturated carbocycles. The van der Waals surface area contributed by atoms with Crippen LogP contribution in [0.15, 0.2) is 46.9 Å². The molecular formula is C14H14BrNO. The summed E-state index contributed by atoms with van der Waals surface area (Å²) >= 11 is 3.46. The lowest BCUT2D eigenvalue weighted by molar-refractivity contribution is 0.479. The number of hydrogen-bond donors (Lipinski definition) is 1. The van der Waals surface area contributed by atoms with Crippen LogP contribution >= 0.6 is 15.9 Å². The lowest BCUT2D eigenvalue weighted by atomic mass is 10.1. The van der Waals surface area contributed by atoms with Crippen LogP contribution in [0, 0.1) is 6.92 Å². The summed E-state index contributed by atoms with van der Waals surface area (Å²) in [4.78, 5) is 0. The van der Waals surface area contributed by atoms with E-state index in [9.17, 15) is 0 Å². The number of halogens is 1. The van der Waals surface area contributed by atoms with Crippen molar-refractivity contribution < 1.29 is 4.74 Å². The monoisotopic (exact) mass is 291 g/mol. The fourth-order valence-electron chi connectivity index (χ4n) is 1.62. The van der Waals surface area contributed by atoms with E-state index in [1.165, 1.54) is 0 Å². The Kier molecular flexibility index (Phi) is 3.82. The largest absolute Gasteiger partial charge is 0.456 e. The molecule has 0 bridgehead atoms. The van der Waals surface area contributed by atoms with Gasteiger partial charge < -0.3 is 10.5 Å². The number of nitrogens with two attached hydrogens (primary N) is 1. The van der Waals surface area contributed by atoms with Gasteiger partial charge in [-0.2, -0.15) is 0 Å². The molecule has 0 aromatic heterocycles. The molecule has 17 heavy (non-hydrogen) atoms. The van der Waals surface area contributed by atoms with Gasteiger partial charge in [-0.25, -0.2) is 0 Å². The van der Waals surface area contributed by atoms with Crippen LogP contribution in [-0.4, -0.2) is 0 Å². The third kappa shape index (κ3) is 2.87. The van der Waals surface area contributed by atoms with Crippen LogP contribution in [0.5, 0.6) is 11.5 Å². The van der Waals surface area contributed by atoms with E-state index < -0.39 is 0 Å². The maximum atomic E-state index is 5.80. The number of rotatable bonds is 3. The van der Waals surface area contributed by atoms with Crippen LogP contribution in [0.3, 0.4) is 0 Å². The van der Waals surface area contributed by atoms with Gasteiger partial charge in [0.25, 0.3) is 0 Å². The van der Waals surface area contributed by atoms with Gasteiger partial charge in [-0.05, 0) is 58.2 Å². The summed E-state index contributed by atoms with van der Waals surface area (Å²) < 4.78 is 6.75. The normalized spacial score (nSPS) is 10.3. The maximum Gasteiger partial charge on any atom is 0.141 e. The van der Waals surface area contributed by atoms with E-state index in [1.807, 2.05) is 49.4 Å². The Morgan fingerprint density at radius 3 is 2.59 bits per heavy atom. The maximum absolute atomic E-state index is 5.80. The Morgan fingerprint density at radius 1 is 1.18 bits per heavy atom. The van der Waals surface area contributed by atoms with Crippen LogP contribution in [0.2, 0.25) is 0 Å². The Morgan fingerprint density at radius 2 is 1.94 bits per heavy atom. The third-order valence-electron chi connectivity index (χ3n) is 2.60. The van der Waals surface area contributed by atoms with Gasteiger partial charge >= 0.3 is 0 Å². The average Bonchev–Trinajstić information content (AvgIpc) is 2.32. The first kappa shape index (κ1) is 12.1. The van der Waals surface area contributed by atoms with Crippen molar-refractivity contribution in [2.75, 3.05) is 0 Å². The number of hydrogen-bond acceptors (Lipinski definition) is 2. The molecule has 2 nitrogen and oxygen atoms in total. The second-order valence-corrected chi connectivity index (χ2v) is 4.68. The fraction of sp³-hybridized carbons (Fsp3) is 0.143. The molecule has 0 amide bonds. The van der Waals surface area contributed by atoms with Crippen molar-refractivity contribution in [3.05, 3.63) is 58.1 Å². The summed E-state index contributed by atoms with van der Waals surface area (Å²) in [6, 6.07) is 13.7. The Labute approximate surface area is 110 Å². The molecule has 0 saturated heterocycles. The molecule has 2 N–H and O–H groups in total. The lowest BCUT2D eigenvalue weighted by Gasteiger charge is -2.10. The Bertz CT molecular complexity index is 525. The van der Waals surface area contributed by atoms with E-state index in [0.29, 0.717) is 6.54 Å². The van der Waals surface area contributed by atoms with Crippen molar-refractivity contribution in [1.82, 2.24) is 0 Å². The summed E-state index contributed by atoms with van der Waals surface area (Å²) in [6.45, 7) is 2.59. The standard InChI is InChI=1S/C14H14BrNO/c1-10-8-12(7-6-11(10)9-16)17-14-5-3-2-4-13(14)15/h2-8H,9,16H2,1H3. The summed E-state index contributed by atoms with van der Waals surface area (Å²) in [7, 11) is 0. The van der Waals surface area contributed by atoms with E-state index in [4.69, 9.17) is 10.5 Å². The van der Waals surface area contributed by atoms with Gasteiger partial charge in [0.1, 0.15) is 11.5 Å². The molecule has 0 aliphatic rings. The van der Waals surface area contributed by atoms with Crippen molar-refractivity contribution in [1.29, 1.82) is 0 Å². The molecule has 0 atom stereocenters. The third-order valence-corrected chi connectivity index (χ3v) is 3.25. The van der Waals surface area contributed by atoms with Crippen molar-refractivity contribution in [2.24, 2.45) is 5.73 Å². The average molecular weight is 292 g/mol. The lowest BCUT2D eigenvalue weighted by Crippen LogP contribution is -1.98. The SMILES string of the molecule is Cc1cc(Oc2ccccc2Br)ccc1CN. The van der Waals surface area contributed by atoms with Crippen LogP contribution < -0.4 is 10.5 Å². The highest BCUT2D eigenvalue weighted by atomic mass is 79.9. The molecule has 0 spiro atoms. The molecule has 2 rings (SSSR count). The van der Waals surface area contributed by atoms with E-state index >= 15 is 0 Å². The Balaban J connectivity index is 2.25.